The van der Waals surface area contributed by atoms with E-state index in [1.54, 1.807) is 0 Å². The molecule has 0 amide bonds. The van der Waals surface area contributed by atoms with Crippen LogP contribution in [0.15, 0.2) is 12.2 Å². The highest BCUT2D eigenvalue weighted by molar-refractivity contribution is 6.21. The average Bonchev–Trinajstić information content (AvgIpc) is 2.84. The van der Waals surface area contributed by atoms with Crippen LogP contribution in [-0.2, 0) is 0 Å². The summed E-state index contributed by atoms with van der Waals surface area (Å²) in [6.45, 7) is 0. The summed E-state index contributed by atoms with van der Waals surface area (Å²) in [5.74, 6) is 5.61. The van der Waals surface area contributed by atoms with Crippen LogP contribution in [-0.4, -0.2) is 5.38 Å². The Morgan fingerprint density at radius 2 is 1.46 bits per heavy atom. The molecule has 4 rings (SSSR count). The maximum absolute atomic E-state index is 6.47. The third-order valence-electron chi connectivity index (χ3n) is 5.23. The number of rotatable bonds is 0. The van der Waals surface area contributed by atoms with Gasteiger partial charge in [-0.05, 0) is 54.8 Å². The van der Waals surface area contributed by atoms with Crippen molar-refractivity contribution in [2.75, 3.05) is 0 Å². The van der Waals surface area contributed by atoms with Gasteiger partial charge in [0.25, 0.3) is 0 Å². The molecular formula is C12H15Cl. The van der Waals surface area contributed by atoms with Gasteiger partial charge in [0.15, 0.2) is 0 Å². The maximum atomic E-state index is 6.47. The molecule has 0 saturated heterocycles. The second-order valence-corrected chi connectivity index (χ2v) is 5.98. The number of fused-ring (bicyclic) bond motifs is 9. The lowest BCUT2D eigenvalue weighted by molar-refractivity contribution is 0.206. The standard InChI is InChI=1S/C12H15Cl/c13-12-8-3-4-9(12)11-7-2-1-6(5-7)10(8)11/h3-4,6-12H,1-2,5H2/t6-,7+,8+,9-,10-,11+,12?. The molecule has 13 heavy (non-hydrogen) atoms. The first-order valence-electron chi connectivity index (χ1n) is 5.68. The number of hydrogen-bond acceptors (Lipinski definition) is 0. The van der Waals surface area contributed by atoms with Crippen molar-refractivity contribution in [2.24, 2.45) is 35.5 Å². The van der Waals surface area contributed by atoms with E-state index in [0.717, 1.165) is 35.5 Å². The molecule has 4 aliphatic carbocycles. The van der Waals surface area contributed by atoms with Crippen molar-refractivity contribution in [3.05, 3.63) is 12.2 Å². The fourth-order valence-electron chi connectivity index (χ4n) is 4.93. The summed E-state index contributed by atoms with van der Waals surface area (Å²) in [7, 11) is 0. The van der Waals surface area contributed by atoms with E-state index < -0.39 is 0 Å². The van der Waals surface area contributed by atoms with Crippen molar-refractivity contribution in [1.82, 2.24) is 0 Å². The molecule has 0 aromatic carbocycles. The normalized spacial score (nSPS) is 66.4. The molecule has 3 fully saturated rings. The van der Waals surface area contributed by atoms with Gasteiger partial charge < -0.3 is 0 Å². The van der Waals surface area contributed by atoms with Crippen LogP contribution in [0, 0.1) is 35.5 Å². The van der Waals surface area contributed by atoms with E-state index in [1.807, 2.05) is 0 Å². The molecule has 3 saturated carbocycles. The maximum Gasteiger partial charge on any atom is 0.0467 e. The summed E-state index contributed by atoms with van der Waals surface area (Å²) in [4.78, 5) is 0. The van der Waals surface area contributed by atoms with Gasteiger partial charge in [-0.15, -0.1) is 11.6 Å². The van der Waals surface area contributed by atoms with Crippen LogP contribution in [0.5, 0.6) is 0 Å². The molecule has 0 aromatic rings. The van der Waals surface area contributed by atoms with E-state index in [1.165, 1.54) is 19.3 Å². The molecule has 0 radical (unpaired) electrons. The first-order chi connectivity index (χ1) is 6.36. The molecule has 7 atom stereocenters. The lowest BCUT2D eigenvalue weighted by Crippen LogP contribution is -2.25. The Bertz CT molecular complexity index is 257. The zero-order chi connectivity index (χ0) is 8.58. The summed E-state index contributed by atoms with van der Waals surface area (Å²) < 4.78 is 0. The van der Waals surface area contributed by atoms with E-state index in [0.29, 0.717) is 5.38 Å². The van der Waals surface area contributed by atoms with Gasteiger partial charge in [0.05, 0.1) is 0 Å². The van der Waals surface area contributed by atoms with E-state index in [9.17, 15) is 0 Å². The fourth-order valence-corrected chi connectivity index (χ4v) is 5.43. The van der Waals surface area contributed by atoms with E-state index in [2.05, 4.69) is 12.2 Å². The highest BCUT2D eigenvalue weighted by Crippen LogP contribution is 2.66. The van der Waals surface area contributed by atoms with Gasteiger partial charge >= 0.3 is 0 Å². The topological polar surface area (TPSA) is 0 Å². The highest BCUT2D eigenvalue weighted by atomic mass is 35.5. The van der Waals surface area contributed by atoms with Gasteiger partial charge in [-0.3, -0.25) is 0 Å². The molecule has 0 nitrogen and oxygen atoms in total. The first-order valence-corrected chi connectivity index (χ1v) is 6.12. The monoisotopic (exact) mass is 194 g/mol. The smallest absolute Gasteiger partial charge is 0.0467 e. The van der Waals surface area contributed by atoms with Crippen LogP contribution >= 0.6 is 11.6 Å². The lowest BCUT2D eigenvalue weighted by atomic mass is 9.73. The van der Waals surface area contributed by atoms with Crippen LogP contribution in [0.3, 0.4) is 0 Å². The van der Waals surface area contributed by atoms with E-state index in [4.69, 9.17) is 11.6 Å². The van der Waals surface area contributed by atoms with Crippen LogP contribution in [0.4, 0.5) is 0 Å². The molecule has 70 valence electrons. The predicted molar refractivity (Wildman–Crippen MR) is 53.6 cm³/mol. The highest BCUT2D eigenvalue weighted by Gasteiger charge is 2.61. The fraction of sp³-hybridized carbons (Fsp3) is 0.833. The Morgan fingerprint density at radius 3 is 2.00 bits per heavy atom. The summed E-state index contributed by atoms with van der Waals surface area (Å²) in [5.41, 5.74) is 0. The molecule has 1 heteroatoms. The number of hydrogen-bond donors (Lipinski definition) is 0. The number of halogens is 1. The van der Waals surface area contributed by atoms with Crippen molar-refractivity contribution >= 4 is 11.6 Å². The van der Waals surface area contributed by atoms with E-state index >= 15 is 0 Å². The van der Waals surface area contributed by atoms with Gasteiger partial charge in [-0.25, -0.2) is 0 Å². The molecule has 0 spiro atoms. The quantitative estimate of drug-likeness (QED) is 0.316. The SMILES string of the molecule is ClC1[C@H]2C=C[C@@H]1[C@@H]1[C@H]3CC[C@H](C3)[C@@H]12. The number of allylic oxidation sites excluding steroid dienone is 2. The minimum atomic E-state index is 0.471. The van der Waals surface area contributed by atoms with Crippen molar-refractivity contribution in [3.8, 4) is 0 Å². The third-order valence-corrected chi connectivity index (χ3v) is 5.81. The molecule has 4 aliphatic rings. The third kappa shape index (κ3) is 0.685. The van der Waals surface area contributed by atoms with Crippen LogP contribution < -0.4 is 0 Å². The summed E-state index contributed by atoms with van der Waals surface area (Å²) in [6.07, 6.45) is 9.39. The second kappa shape index (κ2) is 2.16. The van der Waals surface area contributed by atoms with Crippen LogP contribution in [0.1, 0.15) is 19.3 Å². The van der Waals surface area contributed by atoms with E-state index in [-0.39, 0.29) is 0 Å². The minimum absolute atomic E-state index is 0.471. The van der Waals surface area contributed by atoms with Crippen LogP contribution in [0.2, 0.25) is 0 Å². The van der Waals surface area contributed by atoms with Gasteiger partial charge in [0.1, 0.15) is 0 Å². The van der Waals surface area contributed by atoms with Crippen molar-refractivity contribution in [3.63, 3.8) is 0 Å². The Hall–Kier alpha value is 0.0300. The predicted octanol–water partition coefficient (Wildman–Crippen LogP) is 3.07. The van der Waals surface area contributed by atoms with Crippen molar-refractivity contribution in [2.45, 2.75) is 24.6 Å². The van der Waals surface area contributed by atoms with Gasteiger partial charge in [-0.1, -0.05) is 12.2 Å². The summed E-state index contributed by atoms with van der Waals surface area (Å²) in [5, 5.41) is 0.471. The molecule has 4 bridgehead atoms. The van der Waals surface area contributed by atoms with Gasteiger partial charge in [0, 0.05) is 5.38 Å². The van der Waals surface area contributed by atoms with Gasteiger partial charge in [0.2, 0.25) is 0 Å². The first kappa shape index (κ1) is 7.34. The lowest BCUT2D eigenvalue weighted by Gasteiger charge is -2.31. The van der Waals surface area contributed by atoms with Crippen LogP contribution in [0.25, 0.3) is 0 Å². The molecular weight excluding hydrogens is 180 g/mol. The minimum Gasteiger partial charge on any atom is -0.122 e. The average molecular weight is 195 g/mol. The molecule has 1 unspecified atom stereocenters. The Balaban J connectivity index is 1.81. The van der Waals surface area contributed by atoms with Crippen molar-refractivity contribution in [1.29, 1.82) is 0 Å². The molecule has 0 heterocycles. The molecule has 0 aromatic heterocycles. The largest absolute Gasteiger partial charge is 0.122 e. The Kier molecular flexibility index (Phi) is 1.22. The summed E-state index contributed by atoms with van der Waals surface area (Å²) >= 11 is 6.47. The van der Waals surface area contributed by atoms with Gasteiger partial charge in [-0.2, -0.15) is 0 Å². The van der Waals surface area contributed by atoms with Crippen molar-refractivity contribution < 1.29 is 0 Å². The zero-order valence-electron chi connectivity index (χ0n) is 7.70. The Morgan fingerprint density at radius 1 is 0.923 bits per heavy atom. The summed E-state index contributed by atoms with van der Waals surface area (Å²) in [6, 6.07) is 0. The second-order valence-electron chi connectivity index (χ2n) is 5.47. The molecule has 0 N–H and O–H groups in total. The zero-order valence-corrected chi connectivity index (χ0v) is 8.45. The molecule has 0 aliphatic heterocycles. The Labute approximate surface area is 84.3 Å². The number of alkyl halides is 1.